The molecule has 0 N–H and O–H groups in total. The van der Waals surface area contributed by atoms with E-state index in [-0.39, 0.29) is 18.7 Å². The molecule has 38 heavy (non-hydrogen) atoms. The molecular formula is C30H36N2O6. The standard InChI is InChI=1S/C30H36N2O6/c1-34-25-13-12-22(18-27(25)35-2)14-17-31(23-10-7-5-6-8-11-23)15-9-16-32-21-38-26-20-29(37-4)28(36-3)19-24(26)30(32)33/h5-8,10-13,18-20,23H,9,14-17,21H2,1-4H3. The summed E-state index contributed by atoms with van der Waals surface area (Å²) in [7, 11) is 6.41. The third-order valence-corrected chi connectivity index (χ3v) is 6.76. The van der Waals surface area contributed by atoms with Crippen molar-refractivity contribution in [3.05, 3.63) is 77.9 Å². The SMILES string of the molecule is COc1ccc(CCN(CCCN2COc3cc(OC)c(OC)cc3C2=O)C2C=CC=CC=C2)cc1OC. The fraction of sp³-hybridized carbons (Fsp3) is 0.367. The van der Waals surface area contributed by atoms with Gasteiger partial charge in [0.15, 0.2) is 29.7 Å². The largest absolute Gasteiger partial charge is 0.493 e. The van der Waals surface area contributed by atoms with E-state index >= 15 is 0 Å². The highest BCUT2D eigenvalue weighted by atomic mass is 16.5. The second kappa shape index (κ2) is 13.1. The van der Waals surface area contributed by atoms with Gasteiger partial charge in [-0.3, -0.25) is 9.69 Å². The number of hydrogen-bond donors (Lipinski definition) is 0. The summed E-state index contributed by atoms with van der Waals surface area (Å²) in [6, 6.07) is 9.60. The molecule has 0 fully saturated rings. The number of carbonyl (C=O) groups excluding carboxylic acids is 1. The second-order valence-corrected chi connectivity index (χ2v) is 9.02. The van der Waals surface area contributed by atoms with E-state index in [0.717, 1.165) is 37.4 Å². The zero-order valence-electron chi connectivity index (χ0n) is 22.5. The molecule has 1 heterocycles. The van der Waals surface area contributed by atoms with Crippen molar-refractivity contribution in [1.82, 2.24) is 9.80 Å². The molecule has 0 bridgehead atoms. The van der Waals surface area contributed by atoms with Crippen molar-refractivity contribution in [3.8, 4) is 28.7 Å². The zero-order valence-corrected chi connectivity index (χ0v) is 22.5. The van der Waals surface area contributed by atoms with E-state index in [4.69, 9.17) is 23.7 Å². The molecule has 8 heteroatoms. The molecule has 2 aliphatic rings. The molecule has 2 aromatic rings. The third kappa shape index (κ3) is 6.31. The molecule has 202 valence electrons. The van der Waals surface area contributed by atoms with E-state index in [1.165, 1.54) is 5.56 Å². The first-order valence-electron chi connectivity index (χ1n) is 12.7. The summed E-state index contributed by atoms with van der Waals surface area (Å²) in [5.41, 5.74) is 1.66. The molecule has 1 amide bonds. The molecule has 0 atom stereocenters. The monoisotopic (exact) mass is 520 g/mol. The Balaban J connectivity index is 1.41. The normalized spacial score (nSPS) is 14.8. The molecule has 0 saturated carbocycles. The molecular weight excluding hydrogens is 484 g/mol. The van der Waals surface area contributed by atoms with Crippen LogP contribution in [0.1, 0.15) is 22.3 Å². The van der Waals surface area contributed by atoms with Crippen LogP contribution in [0.15, 0.2) is 66.8 Å². The van der Waals surface area contributed by atoms with Crippen LogP contribution in [0.2, 0.25) is 0 Å². The summed E-state index contributed by atoms with van der Waals surface area (Å²) < 4.78 is 27.5. The Labute approximate surface area is 224 Å². The number of ether oxygens (including phenoxy) is 5. The van der Waals surface area contributed by atoms with Crippen LogP contribution >= 0.6 is 0 Å². The molecule has 0 radical (unpaired) electrons. The summed E-state index contributed by atoms with van der Waals surface area (Å²) in [5, 5.41) is 0. The maximum atomic E-state index is 13.2. The van der Waals surface area contributed by atoms with Crippen LogP contribution in [-0.4, -0.2) is 76.6 Å². The smallest absolute Gasteiger partial charge is 0.260 e. The van der Waals surface area contributed by atoms with Gasteiger partial charge in [-0.2, -0.15) is 0 Å². The summed E-state index contributed by atoms with van der Waals surface area (Å²) >= 11 is 0. The van der Waals surface area contributed by atoms with E-state index in [1.54, 1.807) is 45.5 Å². The highest BCUT2D eigenvalue weighted by Gasteiger charge is 2.28. The second-order valence-electron chi connectivity index (χ2n) is 9.02. The number of rotatable bonds is 12. The highest BCUT2D eigenvalue weighted by molar-refractivity contribution is 5.98. The van der Waals surface area contributed by atoms with E-state index < -0.39 is 0 Å². The minimum atomic E-state index is -0.0671. The van der Waals surface area contributed by atoms with Crippen LogP contribution in [0.5, 0.6) is 28.7 Å². The van der Waals surface area contributed by atoms with Crippen molar-refractivity contribution in [3.63, 3.8) is 0 Å². The van der Waals surface area contributed by atoms with E-state index in [9.17, 15) is 4.79 Å². The summed E-state index contributed by atoms with van der Waals surface area (Å²) in [4.78, 5) is 17.4. The van der Waals surface area contributed by atoms with Gasteiger partial charge in [0, 0.05) is 37.8 Å². The molecule has 4 rings (SSSR count). The van der Waals surface area contributed by atoms with Gasteiger partial charge in [-0.05, 0) is 30.5 Å². The van der Waals surface area contributed by atoms with E-state index in [1.807, 2.05) is 24.3 Å². The molecule has 1 aliphatic carbocycles. The van der Waals surface area contributed by atoms with Crippen molar-refractivity contribution in [2.45, 2.75) is 18.9 Å². The molecule has 0 unspecified atom stereocenters. The van der Waals surface area contributed by atoms with Crippen LogP contribution in [-0.2, 0) is 6.42 Å². The van der Waals surface area contributed by atoms with Crippen LogP contribution in [0, 0.1) is 0 Å². The van der Waals surface area contributed by atoms with Crippen molar-refractivity contribution in [2.24, 2.45) is 0 Å². The van der Waals surface area contributed by atoms with Crippen LogP contribution < -0.4 is 23.7 Å². The zero-order chi connectivity index (χ0) is 26.9. The van der Waals surface area contributed by atoms with Gasteiger partial charge in [0.1, 0.15) is 5.75 Å². The molecule has 0 saturated heterocycles. The minimum absolute atomic E-state index is 0.0671. The minimum Gasteiger partial charge on any atom is -0.493 e. The van der Waals surface area contributed by atoms with Crippen molar-refractivity contribution >= 4 is 5.91 Å². The first-order valence-corrected chi connectivity index (χ1v) is 12.7. The number of methoxy groups -OCH3 is 4. The Kier molecular flexibility index (Phi) is 9.32. The third-order valence-electron chi connectivity index (χ3n) is 6.76. The van der Waals surface area contributed by atoms with Crippen LogP contribution in [0.3, 0.4) is 0 Å². The van der Waals surface area contributed by atoms with Crippen LogP contribution in [0.4, 0.5) is 0 Å². The van der Waals surface area contributed by atoms with Gasteiger partial charge in [-0.15, -0.1) is 0 Å². The van der Waals surface area contributed by atoms with Crippen molar-refractivity contribution in [2.75, 3.05) is 54.8 Å². The number of amides is 1. The van der Waals surface area contributed by atoms with Gasteiger partial charge in [0.05, 0.1) is 34.0 Å². The maximum Gasteiger partial charge on any atom is 0.260 e. The first kappa shape index (κ1) is 27.1. The number of fused-ring (bicyclic) bond motifs is 1. The summed E-state index contributed by atoms with van der Waals surface area (Å²) in [5.74, 6) is 2.95. The Bertz CT molecular complexity index is 1190. The predicted molar refractivity (Wildman–Crippen MR) is 147 cm³/mol. The Morgan fingerprint density at radius 1 is 0.842 bits per heavy atom. The van der Waals surface area contributed by atoms with Crippen LogP contribution in [0.25, 0.3) is 0 Å². The number of nitrogens with zero attached hydrogens (tertiary/aromatic N) is 2. The lowest BCUT2D eigenvalue weighted by Gasteiger charge is -2.31. The number of allylic oxidation sites excluding steroid dienone is 4. The Hall–Kier alpha value is -3.91. The molecule has 0 aromatic heterocycles. The number of benzene rings is 2. The van der Waals surface area contributed by atoms with Gasteiger partial charge in [-0.1, -0.05) is 42.5 Å². The van der Waals surface area contributed by atoms with Gasteiger partial charge in [0.25, 0.3) is 5.91 Å². The molecule has 1 aliphatic heterocycles. The van der Waals surface area contributed by atoms with E-state index in [0.29, 0.717) is 29.4 Å². The quantitative estimate of drug-likeness (QED) is 0.408. The lowest BCUT2D eigenvalue weighted by molar-refractivity contribution is 0.0507. The number of hydrogen-bond acceptors (Lipinski definition) is 7. The fourth-order valence-electron chi connectivity index (χ4n) is 4.66. The topological polar surface area (TPSA) is 69.7 Å². The molecule has 8 nitrogen and oxygen atoms in total. The van der Waals surface area contributed by atoms with Crippen molar-refractivity contribution in [1.29, 1.82) is 0 Å². The Morgan fingerprint density at radius 2 is 1.50 bits per heavy atom. The van der Waals surface area contributed by atoms with Gasteiger partial charge < -0.3 is 28.6 Å². The lowest BCUT2D eigenvalue weighted by Crippen LogP contribution is -2.41. The maximum absolute atomic E-state index is 13.2. The molecule has 2 aromatic carbocycles. The summed E-state index contributed by atoms with van der Waals surface area (Å²) in [6.45, 7) is 2.45. The van der Waals surface area contributed by atoms with Crippen molar-refractivity contribution < 1.29 is 28.5 Å². The van der Waals surface area contributed by atoms with Gasteiger partial charge in [0.2, 0.25) is 0 Å². The summed E-state index contributed by atoms with van der Waals surface area (Å²) in [6.07, 6.45) is 14.3. The lowest BCUT2D eigenvalue weighted by atomic mass is 10.1. The van der Waals surface area contributed by atoms with Gasteiger partial charge in [-0.25, -0.2) is 0 Å². The number of carbonyl (C=O) groups is 1. The predicted octanol–water partition coefficient (Wildman–Crippen LogP) is 4.50. The average molecular weight is 521 g/mol. The van der Waals surface area contributed by atoms with Gasteiger partial charge >= 0.3 is 0 Å². The average Bonchev–Trinajstić information content (AvgIpc) is 3.24. The van der Waals surface area contributed by atoms with E-state index in [2.05, 4.69) is 35.3 Å². The molecule has 0 spiro atoms. The fourth-order valence-corrected chi connectivity index (χ4v) is 4.66. The first-order chi connectivity index (χ1) is 18.6. The highest BCUT2D eigenvalue weighted by Crippen LogP contribution is 2.37. The Morgan fingerprint density at radius 3 is 2.18 bits per heavy atom.